The molecule has 0 bridgehead atoms. The molecule has 1 unspecified atom stereocenters. The highest BCUT2D eigenvalue weighted by molar-refractivity contribution is 7.91. The Morgan fingerprint density at radius 3 is 2.39 bits per heavy atom. The molecule has 4 aromatic rings. The second kappa shape index (κ2) is 8.30. The number of nitrogens with zero attached hydrogens (tertiary/aromatic N) is 1. The highest BCUT2D eigenvalue weighted by Gasteiger charge is 2.19. The Hall–Kier alpha value is -2.94. The first-order valence-corrected chi connectivity index (χ1v) is 12.4. The molecule has 1 aromatic heterocycles. The molecule has 3 aromatic carbocycles. The van der Waals surface area contributed by atoms with Crippen LogP contribution in [-0.4, -0.2) is 28.4 Å². The van der Waals surface area contributed by atoms with Crippen LogP contribution in [0.2, 0.25) is 0 Å². The van der Waals surface area contributed by atoms with Crippen molar-refractivity contribution in [1.29, 1.82) is 0 Å². The lowest BCUT2D eigenvalue weighted by Gasteiger charge is -2.15. The van der Waals surface area contributed by atoms with Gasteiger partial charge in [-0.05, 0) is 41.0 Å². The Balaban J connectivity index is 2.04. The number of fused-ring (bicyclic) bond motifs is 1. The van der Waals surface area contributed by atoms with E-state index < -0.39 is 32.5 Å². The highest BCUT2D eigenvalue weighted by Crippen LogP contribution is 2.36. The number of rotatable bonds is 5. The van der Waals surface area contributed by atoms with E-state index in [4.69, 9.17) is 0 Å². The first-order chi connectivity index (χ1) is 14.8. The largest absolute Gasteiger partial charge is 0.772 e. The number of hydrogen-bond acceptors (Lipinski definition) is 5. The van der Waals surface area contributed by atoms with E-state index in [1.165, 1.54) is 18.3 Å². The third kappa shape index (κ3) is 4.27. The van der Waals surface area contributed by atoms with E-state index in [0.717, 1.165) is 11.8 Å². The van der Waals surface area contributed by atoms with Gasteiger partial charge in [0.2, 0.25) is 0 Å². The van der Waals surface area contributed by atoms with E-state index in [1.54, 1.807) is 24.3 Å². The molecule has 8 heteroatoms. The van der Waals surface area contributed by atoms with Gasteiger partial charge in [0, 0.05) is 34.7 Å². The van der Waals surface area contributed by atoms with Crippen molar-refractivity contribution in [3.8, 4) is 22.3 Å². The van der Waals surface area contributed by atoms with Gasteiger partial charge in [-0.2, -0.15) is 0 Å². The topological polar surface area (TPSA) is 87.2 Å². The predicted octanol–water partition coefficient (Wildman–Crippen LogP) is 4.49. The standard InChI is InChI=1S/C23H18FNO4S2/c1-31(28,29)21-9-5-8-19-18(10-11-25-23(19)21)20-13-16(15-6-3-2-4-7-15)12-17(22(20)24)14-30(26)27/h2-13H,14H2,1H3,(H,26,27)/p-1. The lowest BCUT2D eigenvalue weighted by Crippen LogP contribution is -2.02. The zero-order chi connectivity index (χ0) is 22.2. The Morgan fingerprint density at radius 1 is 0.968 bits per heavy atom. The Labute approximate surface area is 181 Å². The van der Waals surface area contributed by atoms with Gasteiger partial charge in [-0.15, -0.1) is 0 Å². The molecule has 4 rings (SSSR count). The Bertz CT molecular complexity index is 1420. The maximum absolute atomic E-state index is 15.5. The fourth-order valence-corrected chi connectivity index (χ4v) is 4.90. The van der Waals surface area contributed by atoms with E-state index >= 15 is 4.39 Å². The zero-order valence-corrected chi connectivity index (χ0v) is 18.0. The summed E-state index contributed by atoms with van der Waals surface area (Å²) < 4.78 is 62.5. The van der Waals surface area contributed by atoms with Crippen LogP contribution in [0.25, 0.3) is 33.2 Å². The highest BCUT2D eigenvalue weighted by atomic mass is 32.2. The number of aromatic nitrogens is 1. The summed E-state index contributed by atoms with van der Waals surface area (Å²) in [5, 5.41) is 0.462. The predicted molar refractivity (Wildman–Crippen MR) is 118 cm³/mol. The van der Waals surface area contributed by atoms with Crippen molar-refractivity contribution >= 4 is 31.8 Å². The molecule has 31 heavy (non-hydrogen) atoms. The number of hydrogen-bond donors (Lipinski definition) is 0. The van der Waals surface area contributed by atoms with Gasteiger partial charge in [0.1, 0.15) is 5.82 Å². The molecule has 5 nitrogen and oxygen atoms in total. The lowest BCUT2D eigenvalue weighted by atomic mass is 9.94. The molecule has 0 saturated carbocycles. The van der Waals surface area contributed by atoms with Crippen molar-refractivity contribution in [3.63, 3.8) is 0 Å². The minimum absolute atomic E-state index is 0.0360. The molecule has 0 amide bonds. The van der Waals surface area contributed by atoms with Crippen molar-refractivity contribution in [1.82, 2.24) is 4.98 Å². The van der Waals surface area contributed by atoms with Crippen LogP contribution in [0.3, 0.4) is 0 Å². The van der Waals surface area contributed by atoms with Crippen LogP contribution >= 0.6 is 0 Å². The Morgan fingerprint density at radius 2 is 1.71 bits per heavy atom. The second-order valence-electron chi connectivity index (χ2n) is 7.09. The molecule has 0 saturated heterocycles. The van der Waals surface area contributed by atoms with Gasteiger partial charge in [-0.25, -0.2) is 12.8 Å². The molecule has 0 radical (unpaired) electrons. The first kappa shape index (κ1) is 21.3. The van der Waals surface area contributed by atoms with Crippen molar-refractivity contribution in [2.75, 3.05) is 6.26 Å². The molecule has 1 heterocycles. The Kier molecular flexibility index (Phi) is 5.70. The fourth-order valence-electron chi connectivity index (χ4n) is 3.59. The molecule has 0 spiro atoms. The van der Waals surface area contributed by atoms with E-state index in [2.05, 4.69) is 4.98 Å². The maximum atomic E-state index is 15.5. The summed E-state index contributed by atoms with van der Waals surface area (Å²) in [5.74, 6) is -1.14. The van der Waals surface area contributed by atoms with Gasteiger partial charge in [-0.1, -0.05) is 53.5 Å². The van der Waals surface area contributed by atoms with Crippen LogP contribution in [0.1, 0.15) is 5.56 Å². The monoisotopic (exact) mass is 454 g/mol. The normalized spacial score (nSPS) is 12.7. The fraction of sp³-hybridized carbons (Fsp3) is 0.0870. The molecule has 158 valence electrons. The quantitative estimate of drug-likeness (QED) is 0.415. The second-order valence-corrected chi connectivity index (χ2v) is 9.97. The third-order valence-electron chi connectivity index (χ3n) is 4.95. The average Bonchev–Trinajstić information content (AvgIpc) is 2.74. The van der Waals surface area contributed by atoms with Crippen LogP contribution in [0.4, 0.5) is 4.39 Å². The molecule has 0 N–H and O–H groups in total. The molecule has 0 fully saturated rings. The van der Waals surface area contributed by atoms with Crippen LogP contribution in [-0.2, 0) is 26.7 Å². The average molecular weight is 455 g/mol. The maximum Gasteiger partial charge on any atom is 0.177 e. The van der Waals surface area contributed by atoms with Crippen LogP contribution in [0.5, 0.6) is 0 Å². The minimum Gasteiger partial charge on any atom is -0.772 e. The number of benzene rings is 3. The van der Waals surface area contributed by atoms with Gasteiger partial charge in [0.05, 0.1) is 10.4 Å². The van der Waals surface area contributed by atoms with Gasteiger partial charge in [-0.3, -0.25) is 9.19 Å². The summed E-state index contributed by atoms with van der Waals surface area (Å²) in [7, 11) is -3.55. The molecule has 0 aliphatic rings. The lowest BCUT2D eigenvalue weighted by molar-refractivity contribution is 0.533. The van der Waals surface area contributed by atoms with Crippen LogP contribution in [0, 0.1) is 5.82 Å². The van der Waals surface area contributed by atoms with Gasteiger partial charge >= 0.3 is 0 Å². The summed E-state index contributed by atoms with van der Waals surface area (Å²) in [4.78, 5) is 4.26. The number of halogens is 1. The molecular weight excluding hydrogens is 437 g/mol. The van der Waals surface area contributed by atoms with Crippen molar-refractivity contribution in [2.24, 2.45) is 0 Å². The summed E-state index contributed by atoms with van der Waals surface area (Å²) in [6.07, 6.45) is 2.51. The minimum atomic E-state index is -3.55. The van der Waals surface area contributed by atoms with Crippen LogP contribution < -0.4 is 0 Å². The van der Waals surface area contributed by atoms with Crippen molar-refractivity contribution < 1.29 is 21.6 Å². The van der Waals surface area contributed by atoms with Crippen molar-refractivity contribution in [2.45, 2.75) is 10.6 Å². The number of para-hydroxylation sites is 1. The van der Waals surface area contributed by atoms with Gasteiger partial charge < -0.3 is 4.55 Å². The summed E-state index contributed by atoms with van der Waals surface area (Å²) in [6.45, 7) is 0. The SMILES string of the molecule is CS(=O)(=O)c1cccc2c(-c3cc(-c4ccccc4)cc(CS(=O)[O-])c3F)ccnc12. The van der Waals surface area contributed by atoms with E-state index in [-0.39, 0.29) is 21.5 Å². The molecule has 0 aliphatic carbocycles. The smallest absolute Gasteiger partial charge is 0.177 e. The van der Waals surface area contributed by atoms with Crippen LogP contribution in [0.15, 0.2) is 77.8 Å². The number of pyridine rings is 1. The number of sulfone groups is 1. The van der Waals surface area contributed by atoms with E-state index in [1.807, 2.05) is 30.3 Å². The molecule has 1 atom stereocenters. The summed E-state index contributed by atoms with van der Waals surface area (Å²) >= 11 is -2.48. The zero-order valence-electron chi connectivity index (χ0n) is 16.4. The van der Waals surface area contributed by atoms with E-state index in [0.29, 0.717) is 16.5 Å². The first-order valence-electron chi connectivity index (χ1n) is 9.27. The molecular formula is C23H17FNO4S2-. The van der Waals surface area contributed by atoms with Gasteiger partial charge in [0.25, 0.3) is 0 Å². The third-order valence-corrected chi connectivity index (χ3v) is 6.63. The molecule has 0 aliphatic heterocycles. The van der Waals surface area contributed by atoms with Gasteiger partial charge in [0.15, 0.2) is 9.84 Å². The summed E-state index contributed by atoms with van der Waals surface area (Å²) in [5.41, 5.74) is 2.34. The van der Waals surface area contributed by atoms with Crippen molar-refractivity contribution in [3.05, 3.63) is 84.3 Å². The summed E-state index contributed by atoms with van der Waals surface area (Å²) in [6, 6.07) is 18.7. The van der Waals surface area contributed by atoms with E-state index in [9.17, 15) is 17.2 Å².